The summed E-state index contributed by atoms with van der Waals surface area (Å²) in [7, 11) is 6.56. The van der Waals surface area contributed by atoms with E-state index in [4.69, 9.17) is 26.4 Å². The van der Waals surface area contributed by atoms with E-state index in [9.17, 15) is 0 Å². The van der Waals surface area contributed by atoms with Gasteiger partial charge in [0.25, 0.3) is 0 Å². The molecule has 1 aromatic rings. The Labute approximate surface area is 112 Å². The molecule has 0 aliphatic rings. The van der Waals surface area contributed by atoms with Crippen LogP contribution in [0.15, 0.2) is 12.1 Å². The van der Waals surface area contributed by atoms with Gasteiger partial charge in [-0.1, -0.05) is 0 Å². The van der Waals surface area contributed by atoms with Crippen LogP contribution in [0, 0.1) is 0 Å². The van der Waals surface area contributed by atoms with Crippen molar-refractivity contribution in [1.82, 2.24) is 10.6 Å². The van der Waals surface area contributed by atoms with Crippen molar-refractivity contribution in [1.29, 1.82) is 0 Å². The van der Waals surface area contributed by atoms with Crippen molar-refractivity contribution in [2.45, 2.75) is 6.54 Å². The van der Waals surface area contributed by atoms with Crippen LogP contribution in [-0.4, -0.2) is 33.5 Å². The van der Waals surface area contributed by atoms with E-state index >= 15 is 0 Å². The minimum absolute atomic E-state index is 0.545. The van der Waals surface area contributed by atoms with Crippen molar-refractivity contribution in [3.8, 4) is 17.2 Å². The summed E-state index contributed by atoms with van der Waals surface area (Å²) in [6.07, 6.45) is 0. The highest BCUT2D eigenvalue weighted by Gasteiger charge is 2.11. The highest BCUT2D eigenvalue weighted by atomic mass is 32.1. The van der Waals surface area contributed by atoms with Crippen molar-refractivity contribution in [3.63, 3.8) is 0 Å². The van der Waals surface area contributed by atoms with Crippen molar-refractivity contribution < 1.29 is 14.2 Å². The molecule has 2 N–H and O–H groups in total. The van der Waals surface area contributed by atoms with Gasteiger partial charge in [0, 0.05) is 25.2 Å². The molecule has 1 aromatic carbocycles. The molecule has 5 nitrogen and oxygen atoms in total. The molecule has 0 amide bonds. The lowest BCUT2D eigenvalue weighted by atomic mass is 10.1. The summed E-state index contributed by atoms with van der Waals surface area (Å²) in [6.45, 7) is 0.545. The Morgan fingerprint density at radius 3 is 2.11 bits per heavy atom. The van der Waals surface area contributed by atoms with Gasteiger partial charge >= 0.3 is 0 Å². The van der Waals surface area contributed by atoms with Crippen LogP contribution in [0.4, 0.5) is 0 Å². The van der Waals surface area contributed by atoms with E-state index in [1.807, 2.05) is 6.07 Å². The zero-order valence-electron chi connectivity index (χ0n) is 11.0. The maximum Gasteiger partial charge on any atom is 0.166 e. The Bertz CT molecular complexity index is 424. The molecule has 0 radical (unpaired) electrons. The molecular formula is C12H18N2O3S. The molecule has 0 saturated heterocycles. The van der Waals surface area contributed by atoms with Crippen LogP contribution >= 0.6 is 12.2 Å². The van der Waals surface area contributed by atoms with Gasteiger partial charge in [0.15, 0.2) is 16.6 Å². The quantitative estimate of drug-likeness (QED) is 0.787. The molecule has 0 aromatic heterocycles. The maximum absolute atomic E-state index is 5.31. The van der Waals surface area contributed by atoms with E-state index in [2.05, 4.69) is 10.6 Å². The average Bonchev–Trinajstić information content (AvgIpc) is 2.43. The molecule has 0 atom stereocenters. The SMILES string of the molecule is CNC(=S)NCc1cc(OC)c(OC)cc1OC. The van der Waals surface area contributed by atoms with Gasteiger partial charge in [-0.25, -0.2) is 0 Å². The lowest BCUT2D eigenvalue weighted by Crippen LogP contribution is -2.31. The maximum atomic E-state index is 5.31. The highest BCUT2D eigenvalue weighted by Crippen LogP contribution is 2.34. The molecular weight excluding hydrogens is 252 g/mol. The molecule has 0 bridgehead atoms. The number of rotatable bonds is 5. The fourth-order valence-electron chi connectivity index (χ4n) is 1.49. The Morgan fingerprint density at radius 2 is 1.61 bits per heavy atom. The highest BCUT2D eigenvalue weighted by molar-refractivity contribution is 7.80. The van der Waals surface area contributed by atoms with Gasteiger partial charge in [-0.15, -0.1) is 0 Å². The zero-order valence-corrected chi connectivity index (χ0v) is 11.8. The van der Waals surface area contributed by atoms with Crippen LogP contribution in [0.25, 0.3) is 0 Å². The lowest BCUT2D eigenvalue weighted by molar-refractivity contribution is 0.347. The Morgan fingerprint density at radius 1 is 1.06 bits per heavy atom. The van der Waals surface area contributed by atoms with Gasteiger partial charge in [0.2, 0.25) is 0 Å². The molecule has 0 saturated carbocycles. The first-order chi connectivity index (χ1) is 8.65. The predicted octanol–water partition coefficient (Wildman–Crippen LogP) is 1.31. The molecule has 0 heterocycles. The second kappa shape index (κ2) is 6.90. The van der Waals surface area contributed by atoms with Gasteiger partial charge in [0.05, 0.1) is 21.3 Å². The predicted molar refractivity (Wildman–Crippen MR) is 74.6 cm³/mol. The van der Waals surface area contributed by atoms with Crippen LogP contribution in [0.2, 0.25) is 0 Å². The van der Waals surface area contributed by atoms with E-state index in [-0.39, 0.29) is 0 Å². The zero-order chi connectivity index (χ0) is 13.5. The van der Waals surface area contributed by atoms with E-state index < -0.39 is 0 Å². The first-order valence-electron chi connectivity index (χ1n) is 5.40. The lowest BCUT2D eigenvalue weighted by Gasteiger charge is -2.15. The van der Waals surface area contributed by atoms with Gasteiger partial charge in [0.1, 0.15) is 5.75 Å². The third kappa shape index (κ3) is 3.40. The monoisotopic (exact) mass is 270 g/mol. The van der Waals surface area contributed by atoms with E-state index in [1.165, 1.54) is 0 Å². The largest absolute Gasteiger partial charge is 0.496 e. The van der Waals surface area contributed by atoms with Crippen LogP contribution in [0.1, 0.15) is 5.56 Å². The third-order valence-corrected chi connectivity index (χ3v) is 2.80. The number of hydrogen-bond acceptors (Lipinski definition) is 4. The van der Waals surface area contributed by atoms with Crippen LogP contribution in [0.3, 0.4) is 0 Å². The number of thiocarbonyl (C=S) groups is 1. The van der Waals surface area contributed by atoms with Gasteiger partial charge in [-0.2, -0.15) is 0 Å². The standard InChI is InChI=1S/C12H18N2O3S/c1-13-12(18)14-7-8-5-10(16-3)11(17-4)6-9(8)15-2/h5-6H,7H2,1-4H3,(H2,13,14,18). The normalized spacial score (nSPS) is 9.56. The fourth-order valence-corrected chi connectivity index (χ4v) is 1.57. The van der Waals surface area contributed by atoms with E-state index in [0.717, 1.165) is 11.3 Å². The third-order valence-electron chi connectivity index (χ3n) is 2.45. The Balaban J connectivity index is 2.98. The molecule has 0 fully saturated rings. The number of nitrogens with one attached hydrogen (secondary N) is 2. The summed E-state index contributed by atoms with van der Waals surface area (Å²) < 4.78 is 15.8. The van der Waals surface area contributed by atoms with Gasteiger partial charge < -0.3 is 24.8 Å². The van der Waals surface area contributed by atoms with E-state index in [0.29, 0.717) is 23.2 Å². The van der Waals surface area contributed by atoms with E-state index in [1.54, 1.807) is 34.4 Å². The first-order valence-corrected chi connectivity index (χ1v) is 5.81. The molecule has 18 heavy (non-hydrogen) atoms. The second-order valence-corrected chi connectivity index (χ2v) is 3.86. The Hall–Kier alpha value is -1.69. The first kappa shape index (κ1) is 14.4. The number of methoxy groups -OCH3 is 3. The minimum atomic E-state index is 0.545. The summed E-state index contributed by atoms with van der Waals surface area (Å²) in [5.74, 6) is 2.01. The van der Waals surface area contributed by atoms with Crippen LogP contribution in [0.5, 0.6) is 17.2 Å². The molecule has 6 heteroatoms. The molecule has 0 spiro atoms. The Kier molecular flexibility index (Phi) is 5.51. The van der Waals surface area contributed by atoms with Gasteiger partial charge in [-0.3, -0.25) is 0 Å². The summed E-state index contributed by atoms with van der Waals surface area (Å²) in [4.78, 5) is 0. The smallest absolute Gasteiger partial charge is 0.166 e. The molecule has 0 aliphatic heterocycles. The van der Waals surface area contributed by atoms with Crippen molar-refractivity contribution in [3.05, 3.63) is 17.7 Å². The van der Waals surface area contributed by atoms with Crippen molar-refractivity contribution in [2.24, 2.45) is 0 Å². The van der Waals surface area contributed by atoms with Gasteiger partial charge in [-0.05, 0) is 18.3 Å². The van der Waals surface area contributed by atoms with Crippen molar-refractivity contribution >= 4 is 17.3 Å². The topological polar surface area (TPSA) is 51.8 Å². The molecule has 1 rings (SSSR count). The number of benzene rings is 1. The summed E-state index contributed by atoms with van der Waals surface area (Å²) in [5.41, 5.74) is 0.938. The molecule has 0 unspecified atom stereocenters. The van der Waals surface area contributed by atoms with Crippen molar-refractivity contribution in [2.75, 3.05) is 28.4 Å². The summed E-state index contributed by atoms with van der Waals surface area (Å²) in [6, 6.07) is 3.65. The summed E-state index contributed by atoms with van der Waals surface area (Å²) >= 11 is 5.02. The fraction of sp³-hybridized carbons (Fsp3) is 0.417. The number of ether oxygens (including phenoxy) is 3. The average molecular weight is 270 g/mol. The minimum Gasteiger partial charge on any atom is -0.496 e. The van der Waals surface area contributed by atoms with Crippen LogP contribution in [-0.2, 0) is 6.54 Å². The number of hydrogen-bond donors (Lipinski definition) is 2. The van der Waals surface area contributed by atoms with Crippen LogP contribution < -0.4 is 24.8 Å². The molecule has 100 valence electrons. The molecule has 0 aliphatic carbocycles. The second-order valence-electron chi connectivity index (χ2n) is 3.45. The summed E-state index contributed by atoms with van der Waals surface area (Å²) in [5, 5.41) is 6.48.